The van der Waals surface area contributed by atoms with Gasteiger partial charge in [0.05, 0.1) is 7.11 Å². The first-order chi connectivity index (χ1) is 9.17. The lowest BCUT2D eigenvalue weighted by molar-refractivity contribution is 0.414. The molecule has 100 valence electrons. The van der Waals surface area contributed by atoms with Crippen LogP contribution in [0.4, 0.5) is 0 Å². The molecule has 0 aliphatic carbocycles. The lowest BCUT2D eigenvalue weighted by Gasteiger charge is -2.12. The third-order valence-corrected chi connectivity index (χ3v) is 3.68. The average Bonchev–Trinajstić information content (AvgIpc) is 2.44. The fourth-order valence-electron chi connectivity index (χ4n) is 2.15. The second kappa shape index (κ2) is 6.12. The van der Waals surface area contributed by atoms with Crippen LogP contribution in [-0.2, 0) is 0 Å². The quantitative estimate of drug-likeness (QED) is 0.703. The molecule has 2 aromatic carbocycles. The highest BCUT2D eigenvalue weighted by Gasteiger charge is 2.09. The zero-order chi connectivity index (χ0) is 13.8. The third-order valence-electron chi connectivity index (χ3n) is 3.38. The van der Waals surface area contributed by atoms with Gasteiger partial charge in [-0.2, -0.15) is 0 Å². The zero-order valence-electron chi connectivity index (χ0n) is 11.6. The fraction of sp³-hybridized carbons (Fsp3) is 0.294. The van der Waals surface area contributed by atoms with Crippen molar-refractivity contribution in [2.45, 2.75) is 13.8 Å². The van der Waals surface area contributed by atoms with E-state index >= 15 is 0 Å². The first-order valence-electron chi connectivity index (χ1n) is 6.49. The normalized spacial score (nSPS) is 12.2. The van der Waals surface area contributed by atoms with Crippen molar-refractivity contribution in [3.63, 3.8) is 0 Å². The van der Waals surface area contributed by atoms with Crippen molar-refractivity contribution >= 4 is 28.4 Å². The molecule has 0 aromatic heterocycles. The van der Waals surface area contributed by atoms with E-state index in [4.69, 9.17) is 16.3 Å². The van der Waals surface area contributed by atoms with Gasteiger partial charge in [0, 0.05) is 11.4 Å². The number of halogens is 1. The summed E-state index contributed by atoms with van der Waals surface area (Å²) in [4.78, 5) is 0. The highest BCUT2D eigenvalue weighted by atomic mass is 35.5. The highest BCUT2D eigenvalue weighted by molar-refractivity contribution is 6.20. The molecule has 0 aliphatic heterocycles. The Bertz CT molecular complexity index is 599. The van der Waals surface area contributed by atoms with Crippen molar-refractivity contribution < 1.29 is 4.74 Å². The van der Waals surface area contributed by atoms with Crippen molar-refractivity contribution in [2.75, 3.05) is 13.0 Å². The Kier molecular flexibility index (Phi) is 4.49. The summed E-state index contributed by atoms with van der Waals surface area (Å²) >= 11 is 6.05. The molecule has 1 nitrogen and oxygen atoms in total. The summed E-state index contributed by atoms with van der Waals surface area (Å²) in [7, 11) is 1.71. The van der Waals surface area contributed by atoms with Gasteiger partial charge in [-0.3, -0.25) is 0 Å². The number of hydrogen-bond acceptors (Lipinski definition) is 1. The van der Waals surface area contributed by atoms with Crippen LogP contribution in [0.1, 0.15) is 19.4 Å². The molecule has 2 aromatic rings. The Morgan fingerprint density at radius 3 is 2.58 bits per heavy atom. The van der Waals surface area contributed by atoms with E-state index in [-0.39, 0.29) is 0 Å². The maximum Gasteiger partial charge on any atom is 0.126 e. The van der Waals surface area contributed by atoms with E-state index in [1.807, 2.05) is 12.1 Å². The van der Waals surface area contributed by atoms with Crippen LogP contribution in [0.3, 0.4) is 0 Å². The molecule has 2 rings (SSSR count). The largest absolute Gasteiger partial charge is 0.496 e. The van der Waals surface area contributed by atoms with E-state index in [0.29, 0.717) is 11.8 Å². The average molecular weight is 275 g/mol. The molecule has 0 bridgehead atoms. The minimum Gasteiger partial charge on any atom is -0.496 e. The summed E-state index contributed by atoms with van der Waals surface area (Å²) in [6.07, 6.45) is 2.17. The van der Waals surface area contributed by atoms with Gasteiger partial charge >= 0.3 is 0 Å². The maximum absolute atomic E-state index is 6.05. The van der Waals surface area contributed by atoms with E-state index in [1.54, 1.807) is 7.11 Å². The van der Waals surface area contributed by atoms with Crippen molar-refractivity contribution in [2.24, 2.45) is 5.92 Å². The Morgan fingerprint density at radius 2 is 1.95 bits per heavy atom. The lowest BCUT2D eigenvalue weighted by atomic mass is 9.97. The van der Waals surface area contributed by atoms with Crippen molar-refractivity contribution in [1.82, 2.24) is 0 Å². The van der Waals surface area contributed by atoms with Gasteiger partial charge in [-0.1, -0.05) is 49.8 Å². The molecule has 0 N–H and O–H groups in total. The van der Waals surface area contributed by atoms with Crippen molar-refractivity contribution in [1.29, 1.82) is 0 Å². The molecule has 0 radical (unpaired) electrons. The second-order valence-corrected chi connectivity index (χ2v) is 5.18. The summed E-state index contributed by atoms with van der Waals surface area (Å²) in [5.74, 6) is 1.87. The van der Waals surface area contributed by atoms with Crippen LogP contribution < -0.4 is 4.74 Å². The Hall–Kier alpha value is -1.47. The second-order valence-electron chi connectivity index (χ2n) is 4.91. The summed E-state index contributed by atoms with van der Waals surface area (Å²) < 4.78 is 5.49. The van der Waals surface area contributed by atoms with Crippen molar-refractivity contribution in [3.8, 4) is 5.75 Å². The summed E-state index contributed by atoms with van der Waals surface area (Å²) in [6.45, 7) is 4.32. The summed E-state index contributed by atoms with van der Waals surface area (Å²) in [5.41, 5.74) is 2.33. The number of fused-ring (bicyclic) bond motifs is 1. The van der Waals surface area contributed by atoms with E-state index < -0.39 is 0 Å². The summed E-state index contributed by atoms with van der Waals surface area (Å²) in [5, 5.41) is 2.41. The minimum atomic E-state index is 0.432. The summed E-state index contributed by atoms with van der Waals surface area (Å²) in [6, 6.07) is 12.4. The maximum atomic E-state index is 6.05. The number of allylic oxidation sites excluding steroid dienone is 1. The molecular formula is C17H19ClO. The number of rotatable bonds is 4. The molecule has 0 saturated carbocycles. The first kappa shape index (κ1) is 14.0. The molecule has 0 spiro atoms. The van der Waals surface area contributed by atoms with Crippen LogP contribution >= 0.6 is 11.6 Å². The van der Waals surface area contributed by atoms with E-state index in [2.05, 4.69) is 44.2 Å². The van der Waals surface area contributed by atoms with E-state index in [9.17, 15) is 0 Å². The molecule has 19 heavy (non-hydrogen) atoms. The fourth-order valence-corrected chi connectivity index (χ4v) is 2.53. The van der Waals surface area contributed by atoms with Crippen LogP contribution in [0, 0.1) is 5.92 Å². The van der Waals surface area contributed by atoms with Crippen LogP contribution in [0.5, 0.6) is 5.75 Å². The molecule has 0 saturated heterocycles. The van der Waals surface area contributed by atoms with Crippen LogP contribution in [0.25, 0.3) is 16.8 Å². The Morgan fingerprint density at radius 1 is 1.21 bits per heavy atom. The lowest BCUT2D eigenvalue weighted by Crippen LogP contribution is -1.97. The molecule has 0 aliphatic rings. The SMILES string of the molecule is COc1ccc2ccccc2c1C=C(CCl)C(C)C. The van der Waals surface area contributed by atoms with Gasteiger partial charge in [0.1, 0.15) is 5.75 Å². The van der Waals surface area contributed by atoms with Crippen LogP contribution in [0.15, 0.2) is 42.0 Å². The standard InChI is InChI=1S/C17H19ClO/c1-12(2)14(11-18)10-16-15-7-5-4-6-13(15)8-9-17(16)19-3/h4-10,12H,11H2,1-3H3. The highest BCUT2D eigenvalue weighted by Crippen LogP contribution is 2.31. The number of hydrogen-bond donors (Lipinski definition) is 0. The number of alkyl halides is 1. The minimum absolute atomic E-state index is 0.432. The number of methoxy groups -OCH3 is 1. The molecule has 2 heteroatoms. The molecule has 0 amide bonds. The molecule has 0 atom stereocenters. The van der Waals surface area contributed by atoms with Gasteiger partial charge in [0.2, 0.25) is 0 Å². The zero-order valence-corrected chi connectivity index (χ0v) is 12.4. The Labute approximate surface area is 119 Å². The third kappa shape index (κ3) is 2.93. The predicted octanol–water partition coefficient (Wildman–Crippen LogP) is 5.13. The molecule has 0 fully saturated rings. The Balaban J connectivity index is 2.68. The van der Waals surface area contributed by atoms with Crippen molar-refractivity contribution in [3.05, 3.63) is 47.5 Å². The van der Waals surface area contributed by atoms with Gasteiger partial charge in [-0.05, 0) is 28.8 Å². The van der Waals surface area contributed by atoms with Gasteiger partial charge < -0.3 is 4.74 Å². The number of benzene rings is 2. The number of ether oxygens (including phenoxy) is 1. The van der Waals surface area contributed by atoms with Crippen LogP contribution in [0.2, 0.25) is 0 Å². The van der Waals surface area contributed by atoms with E-state index in [1.165, 1.54) is 16.3 Å². The van der Waals surface area contributed by atoms with Crippen LogP contribution in [-0.4, -0.2) is 13.0 Å². The monoisotopic (exact) mass is 274 g/mol. The molecule has 0 unspecified atom stereocenters. The molecule has 0 heterocycles. The van der Waals surface area contributed by atoms with Gasteiger partial charge in [0.25, 0.3) is 0 Å². The van der Waals surface area contributed by atoms with E-state index in [0.717, 1.165) is 11.3 Å². The first-order valence-corrected chi connectivity index (χ1v) is 7.03. The van der Waals surface area contributed by atoms with Gasteiger partial charge in [-0.25, -0.2) is 0 Å². The molecular weight excluding hydrogens is 256 g/mol. The predicted molar refractivity (Wildman–Crippen MR) is 84.0 cm³/mol. The topological polar surface area (TPSA) is 9.23 Å². The smallest absolute Gasteiger partial charge is 0.126 e. The van der Waals surface area contributed by atoms with Gasteiger partial charge in [-0.15, -0.1) is 11.6 Å². The van der Waals surface area contributed by atoms with Gasteiger partial charge in [0.15, 0.2) is 0 Å².